The molecule has 1 aliphatic heterocycles. The van der Waals surface area contributed by atoms with Crippen molar-refractivity contribution in [2.24, 2.45) is 5.92 Å². The van der Waals surface area contributed by atoms with E-state index in [1.54, 1.807) is 47.4 Å². The molecule has 1 aliphatic rings. The molecule has 1 saturated heterocycles. The van der Waals surface area contributed by atoms with Crippen LogP contribution >= 0.6 is 0 Å². The minimum atomic E-state index is -0.705. The topological polar surface area (TPSA) is 87.7 Å². The number of nitrogens with one attached hydrogen (secondary N) is 2. The number of methoxy groups -OCH3 is 1. The summed E-state index contributed by atoms with van der Waals surface area (Å²) in [6.07, 6.45) is 1.34. The molecule has 0 unspecified atom stereocenters. The number of ether oxygens (including phenoxy) is 1. The van der Waals surface area contributed by atoms with Gasteiger partial charge >= 0.3 is 0 Å². The maximum absolute atomic E-state index is 12.9. The minimum absolute atomic E-state index is 0.0635. The molecule has 0 spiro atoms. The van der Waals surface area contributed by atoms with Gasteiger partial charge in [-0.05, 0) is 36.6 Å². The zero-order valence-electron chi connectivity index (χ0n) is 17.5. The summed E-state index contributed by atoms with van der Waals surface area (Å²) < 4.78 is 5.44. The predicted molar refractivity (Wildman–Crippen MR) is 116 cm³/mol. The Labute approximate surface area is 176 Å². The lowest BCUT2D eigenvalue weighted by Gasteiger charge is -2.23. The van der Waals surface area contributed by atoms with E-state index in [2.05, 4.69) is 10.6 Å². The number of benzene rings is 2. The van der Waals surface area contributed by atoms with Gasteiger partial charge in [0.2, 0.25) is 11.8 Å². The molecular weight excluding hydrogens is 382 g/mol. The van der Waals surface area contributed by atoms with E-state index in [1.165, 1.54) is 7.11 Å². The SMILES string of the molecule is COc1cc(NC(=O)[C@H](NC(=O)c2ccccc2)C(C)C)ccc1N1CCCC1=O. The van der Waals surface area contributed by atoms with E-state index in [1.807, 2.05) is 19.9 Å². The summed E-state index contributed by atoms with van der Waals surface area (Å²) >= 11 is 0. The Kier molecular flexibility index (Phi) is 6.72. The van der Waals surface area contributed by atoms with Gasteiger partial charge in [-0.1, -0.05) is 32.0 Å². The third kappa shape index (κ3) is 4.79. The van der Waals surface area contributed by atoms with Crippen molar-refractivity contribution in [3.63, 3.8) is 0 Å². The van der Waals surface area contributed by atoms with Crippen LogP contribution in [0, 0.1) is 5.92 Å². The van der Waals surface area contributed by atoms with E-state index in [0.717, 1.165) is 6.42 Å². The van der Waals surface area contributed by atoms with E-state index >= 15 is 0 Å². The monoisotopic (exact) mass is 409 g/mol. The van der Waals surface area contributed by atoms with Crippen molar-refractivity contribution in [1.82, 2.24) is 5.32 Å². The molecule has 7 nitrogen and oxygen atoms in total. The van der Waals surface area contributed by atoms with Gasteiger partial charge in [-0.3, -0.25) is 14.4 Å². The number of carbonyl (C=O) groups is 3. The van der Waals surface area contributed by atoms with Gasteiger partial charge in [0.15, 0.2) is 0 Å². The second-order valence-corrected chi connectivity index (χ2v) is 7.59. The second-order valence-electron chi connectivity index (χ2n) is 7.59. The van der Waals surface area contributed by atoms with E-state index < -0.39 is 6.04 Å². The van der Waals surface area contributed by atoms with E-state index in [9.17, 15) is 14.4 Å². The highest BCUT2D eigenvalue weighted by molar-refractivity contribution is 6.02. The van der Waals surface area contributed by atoms with Crippen LogP contribution in [0.1, 0.15) is 37.0 Å². The van der Waals surface area contributed by atoms with Gasteiger partial charge < -0.3 is 20.3 Å². The zero-order chi connectivity index (χ0) is 21.7. The first-order valence-corrected chi connectivity index (χ1v) is 10.1. The normalized spacial score (nSPS) is 14.5. The van der Waals surface area contributed by atoms with Crippen LogP contribution in [0.3, 0.4) is 0 Å². The van der Waals surface area contributed by atoms with E-state index in [4.69, 9.17) is 4.74 Å². The van der Waals surface area contributed by atoms with E-state index in [0.29, 0.717) is 35.7 Å². The molecule has 2 N–H and O–H groups in total. The minimum Gasteiger partial charge on any atom is -0.494 e. The highest BCUT2D eigenvalue weighted by Crippen LogP contribution is 2.33. The number of anilines is 2. The molecule has 0 aromatic heterocycles. The largest absolute Gasteiger partial charge is 0.494 e. The molecule has 1 fully saturated rings. The third-order valence-electron chi connectivity index (χ3n) is 5.08. The Morgan fingerprint density at radius 1 is 1.10 bits per heavy atom. The fraction of sp³-hybridized carbons (Fsp3) is 0.348. The lowest BCUT2D eigenvalue weighted by Crippen LogP contribution is -2.47. The van der Waals surface area contributed by atoms with Crippen molar-refractivity contribution in [2.75, 3.05) is 23.9 Å². The number of amides is 3. The van der Waals surface area contributed by atoms with Crippen LogP contribution < -0.4 is 20.3 Å². The number of hydrogen-bond acceptors (Lipinski definition) is 4. The molecule has 30 heavy (non-hydrogen) atoms. The van der Waals surface area contributed by atoms with Crippen LogP contribution in [0.25, 0.3) is 0 Å². The Morgan fingerprint density at radius 2 is 1.83 bits per heavy atom. The van der Waals surface area contributed by atoms with Gasteiger partial charge in [0.25, 0.3) is 5.91 Å². The predicted octanol–water partition coefficient (Wildman–Crippen LogP) is 3.22. The molecule has 2 aromatic carbocycles. The Balaban J connectivity index is 1.74. The number of hydrogen-bond donors (Lipinski definition) is 2. The molecule has 0 aliphatic carbocycles. The lowest BCUT2D eigenvalue weighted by molar-refractivity contribution is -0.119. The molecule has 2 aromatic rings. The highest BCUT2D eigenvalue weighted by atomic mass is 16.5. The smallest absolute Gasteiger partial charge is 0.251 e. The van der Waals surface area contributed by atoms with Crippen molar-refractivity contribution in [3.05, 3.63) is 54.1 Å². The van der Waals surface area contributed by atoms with Crippen LogP contribution in [0.4, 0.5) is 11.4 Å². The van der Waals surface area contributed by atoms with Gasteiger partial charge in [-0.15, -0.1) is 0 Å². The van der Waals surface area contributed by atoms with Crippen molar-refractivity contribution >= 4 is 29.1 Å². The maximum Gasteiger partial charge on any atom is 0.251 e. The van der Waals surface area contributed by atoms with Crippen LogP contribution in [-0.2, 0) is 9.59 Å². The van der Waals surface area contributed by atoms with Gasteiger partial charge in [0.1, 0.15) is 11.8 Å². The quantitative estimate of drug-likeness (QED) is 0.735. The van der Waals surface area contributed by atoms with Gasteiger partial charge in [-0.25, -0.2) is 0 Å². The second kappa shape index (κ2) is 9.43. The van der Waals surface area contributed by atoms with Crippen LogP contribution in [-0.4, -0.2) is 37.4 Å². The molecule has 0 radical (unpaired) electrons. The average molecular weight is 409 g/mol. The fourth-order valence-electron chi connectivity index (χ4n) is 3.45. The first kappa shape index (κ1) is 21.4. The number of carbonyl (C=O) groups excluding carboxylic acids is 3. The number of rotatable bonds is 7. The summed E-state index contributed by atoms with van der Waals surface area (Å²) in [6, 6.07) is 13.3. The summed E-state index contributed by atoms with van der Waals surface area (Å²) in [5, 5.41) is 5.65. The molecule has 7 heteroatoms. The van der Waals surface area contributed by atoms with Crippen molar-refractivity contribution in [2.45, 2.75) is 32.7 Å². The molecule has 0 saturated carbocycles. The Bertz CT molecular complexity index is 927. The zero-order valence-corrected chi connectivity index (χ0v) is 17.5. The summed E-state index contributed by atoms with van der Waals surface area (Å²) in [7, 11) is 1.53. The van der Waals surface area contributed by atoms with Crippen LogP contribution in [0.5, 0.6) is 5.75 Å². The van der Waals surface area contributed by atoms with E-state index in [-0.39, 0.29) is 23.6 Å². The summed E-state index contributed by atoms with van der Waals surface area (Å²) in [5.74, 6) is -0.154. The van der Waals surface area contributed by atoms with Gasteiger partial charge in [0.05, 0.1) is 12.8 Å². The summed E-state index contributed by atoms with van der Waals surface area (Å²) in [5.41, 5.74) is 1.72. The van der Waals surface area contributed by atoms with Crippen molar-refractivity contribution in [1.29, 1.82) is 0 Å². The summed E-state index contributed by atoms with van der Waals surface area (Å²) in [4.78, 5) is 39.1. The Hall–Kier alpha value is -3.35. The lowest BCUT2D eigenvalue weighted by atomic mass is 10.0. The molecule has 3 amide bonds. The average Bonchev–Trinajstić information content (AvgIpc) is 3.17. The third-order valence-corrected chi connectivity index (χ3v) is 5.08. The maximum atomic E-state index is 12.9. The Morgan fingerprint density at radius 3 is 2.43 bits per heavy atom. The molecular formula is C23H27N3O4. The van der Waals surface area contributed by atoms with Crippen LogP contribution in [0.15, 0.2) is 48.5 Å². The standard InChI is InChI=1S/C23H27N3O4/c1-15(2)21(25-22(28)16-8-5-4-6-9-16)23(29)24-17-11-12-18(19(14-17)30-3)26-13-7-10-20(26)27/h4-6,8-9,11-12,14-15,21H,7,10,13H2,1-3H3,(H,24,29)(H,25,28)/t21-/m1/s1. The van der Waals surface area contributed by atoms with Crippen molar-refractivity contribution in [3.8, 4) is 5.75 Å². The molecule has 1 atom stereocenters. The highest BCUT2D eigenvalue weighted by Gasteiger charge is 2.27. The summed E-state index contributed by atoms with van der Waals surface area (Å²) in [6.45, 7) is 4.40. The fourth-order valence-corrected chi connectivity index (χ4v) is 3.45. The molecule has 158 valence electrons. The first-order chi connectivity index (χ1) is 14.4. The molecule has 1 heterocycles. The first-order valence-electron chi connectivity index (χ1n) is 10.1. The van der Waals surface area contributed by atoms with Gasteiger partial charge in [-0.2, -0.15) is 0 Å². The van der Waals surface area contributed by atoms with Crippen LogP contribution in [0.2, 0.25) is 0 Å². The molecule has 0 bridgehead atoms. The number of nitrogens with zero attached hydrogens (tertiary/aromatic N) is 1. The molecule has 3 rings (SSSR count). The van der Waals surface area contributed by atoms with Crippen molar-refractivity contribution < 1.29 is 19.1 Å². The van der Waals surface area contributed by atoms with Gasteiger partial charge in [0, 0.05) is 30.3 Å².